The fraction of sp³-hybridized carbons (Fsp3) is 0.188. The topological polar surface area (TPSA) is 84.2 Å². The van der Waals surface area contributed by atoms with E-state index in [-0.39, 0.29) is 10.7 Å². The first-order chi connectivity index (χ1) is 11.3. The lowest BCUT2D eigenvalue weighted by molar-refractivity contribution is 0.0971. The normalized spacial score (nSPS) is 10.3. The Balaban J connectivity index is 2.18. The Morgan fingerprint density at radius 3 is 2.58 bits per heavy atom. The van der Waals surface area contributed by atoms with Gasteiger partial charge in [-0.25, -0.2) is 4.39 Å². The van der Waals surface area contributed by atoms with E-state index >= 15 is 0 Å². The van der Waals surface area contributed by atoms with E-state index in [0.29, 0.717) is 17.0 Å². The van der Waals surface area contributed by atoms with Crippen molar-refractivity contribution in [3.05, 3.63) is 51.7 Å². The van der Waals surface area contributed by atoms with Crippen molar-refractivity contribution in [3.63, 3.8) is 0 Å². The molecule has 0 aliphatic heterocycles. The van der Waals surface area contributed by atoms with Gasteiger partial charge in [0.2, 0.25) is 0 Å². The fourth-order valence-electron chi connectivity index (χ4n) is 2.30. The number of halogens is 1. The number of anilines is 1. The van der Waals surface area contributed by atoms with Crippen molar-refractivity contribution in [3.8, 4) is 0 Å². The Labute approximate surface area is 148 Å². The van der Waals surface area contributed by atoms with E-state index < -0.39 is 17.6 Å². The summed E-state index contributed by atoms with van der Waals surface area (Å²) in [6, 6.07) is 5.58. The van der Waals surface area contributed by atoms with Crippen molar-refractivity contribution >= 4 is 45.5 Å². The fourth-order valence-corrected chi connectivity index (χ4v) is 3.72. The molecule has 0 unspecified atom stereocenters. The zero-order chi connectivity index (χ0) is 17.9. The van der Waals surface area contributed by atoms with Crippen LogP contribution in [-0.2, 0) is 6.42 Å². The third kappa shape index (κ3) is 3.77. The Morgan fingerprint density at radius 2 is 2.00 bits per heavy atom. The van der Waals surface area contributed by atoms with Crippen LogP contribution >= 0.6 is 23.6 Å². The molecule has 0 saturated carbocycles. The second kappa shape index (κ2) is 7.50. The molecular formula is C16H16FN3O2S2. The molecule has 5 nitrogen and oxygen atoms in total. The van der Waals surface area contributed by atoms with E-state index in [0.717, 1.165) is 10.4 Å². The van der Waals surface area contributed by atoms with Crippen LogP contribution in [0.5, 0.6) is 0 Å². The highest BCUT2D eigenvalue weighted by molar-refractivity contribution is 7.80. The van der Waals surface area contributed by atoms with Gasteiger partial charge in [0.05, 0.1) is 11.1 Å². The van der Waals surface area contributed by atoms with Crippen LogP contribution in [0.15, 0.2) is 24.3 Å². The minimum atomic E-state index is -0.671. The van der Waals surface area contributed by atoms with Crippen LogP contribution in [0.25, 0.3) is 0 Å². The number of benzene rings is 1. The number of carbonyl (C=O) groups excluding carboxylic acids is 2. The Kier molecular flexibility index (Phi) is 5.63. The van der Waals surface area contributed by atoms with Gasteiger partial charge in [-0.15, -0.1) is 11.3 Å². The number of amides is 2. The van der Waals surface area contributed by atoms with Crippen molar-refractivity contribution in [1.29, 1.82) is 0 Å². The number of thiocarbonyl (C=S) groups is 1. The maximum Gasteiger partial charge on any atom is 0.260 e. The maximum absolute atomic E-state index is 13.6. The molecule has 1 aromatic heterocycles. The van der Waals surface area contributed by atoms with E-state index in [1.807, 2.05) is 13.8 Å². The van der Waals surface area contributed by atoms with Crippen molar-refractivity contribution in [2.45, 2.75) is 20.3 Å². The number of carbonyl (C=O) groups is 2. The second-order valence-corrected chi connectivity index (χ2v) is 6.58. The first kappa shape index (κ1) is 18.0. The molecule has 8 heteroatoms. The zero-order valence-electron chi connectivity index (χ0n) is 13.1. The van der Waals surface area contributed by atoms with E-state index in [1.54, 1.807) is 6.07 Å². The van der Waals surface area contributed by atoms with Crippen molar-refractivity contribution in [2.24, 2.45) is 5.73 Å². The standard InChI is InChI=1S/C16H16FN3O2S2/c1-3-9-8(2)24-15(12(9)13(18)21)20-16(23)19-14(22)10-6-4-5-7-11(10)17/h4-7H,3H2,1-2H3,(H2,18,21)(H2,19,20,22,23). The van der Waals surface area contributed by atoms with E-state index in [9.17, 15) is 14.0 Å². The van der Waals surface area contributed by atoms with Crippen LogP contribution < -0.4 is 16.4 Å². The highest BCUT2D eigenvalue weighted by Gasteiger charge is 2.20. The summed E-state index contributed by atoms with van der Waals surface area (Å²) in [5.74, 6) is -1.88. The molecule has 0 atom stereocenters. The Hall–Kier alpha value is -2.32. The van der Waals surface area contributed by atoms with Crippen LogP contribution in [0.3, 0.4) is 0 Å². The van der Waals surface area contributed by atoms with Crippen molar-refractivity contribution in [2.75, 3.05) is 5.32 Å². The Bertz CT molecular complexity index is 818. The minimum absolute atomic E-state index is 0.0327. The summed E-state index contributed by atoms with van der Waals surface area (Å²) in [5, 5.41) is 5.63. The smallest absolute Gasteiger partial charge is 0.260 e. The molecule has 0 radical (unpaired) electrons. The number of thiophene rings is 1. The molecule has 0 fully saturated rings. The van der Waals surface area contributed by atoms with Gasteiger partial charge in [-0.05, 0) is 43.3 Å². The molecule has 1 heterocycles. The largest absolute Gasteiger partial charge is 0.365 e. The molecule has 0 aliphatic rings. The minimum Gasteiger partial charge on any atom is -0.365 e. The summed E-state index contributed by atoms with van der Waals surface area (Å²) in [6.45, 7) is 3.80. The lowest BCUT2D eigenvalue weighted by Crippen LogP contribution is -2.34. The van der Waals surface area contributed by atoms with Crippen molar-refractivity contribution in [1.82, 2.24) is 5.32 Å². The molecule has 2 aromatic rings. The van der Waals surface area contributed by atoms with Gasteiger partial charge in [0.25, 0.3) is 11.8 Å². The van der Waals surface area contributed by atoms with E-state index in [4.69, 9.17) is 18.0 Å². The summed E-state index contributed by atoms with van der Waals surface area (Å²) in [6.07, 6.45) is 0.649. The molecule has 0 spiro atoms. The third-order valence-corrected chi connectivity index (χ3v) is 4.65. The second-order valence-electron chi connectivity index (χ2n) is 4.95. The van der Waals surface area contributed by atoms with Gasteiger partial charge in [-0.2, -0.15) is 0 Å². The first-order valence-electron chi connectivity index (χ1n) is 7.14. The lowest BCUT2D eigenvalue weighted by atomic mass is 10.1. The molecule has 0 aliphatic carbocycles. The van der Waals surface area contributed by atoms with E-state index in [1.165, 1.54) is 29.5 Å². The van der Waals surface area contributed by atoms with E-state index in [2.05, 4.69) is 10.6 Å². The van der Waals surface area contributed by atoms with Gasteiger partial charge >= 0.3 is 0 Å². The predicted molar refractivity (Wildman–Crippen MR) is 97.0 cm³/mol. The SMILES string of the molecule is CCc1c(C)sc(NC(=S)NC(=O)c2ccccc2F)c1C(N)=O. The molecule has 2 amide bonds. The molecule has 0 saturated heterocycles. The van der Waals surface area contributed by atoms with Crippen LogP contribution in [0, 0.1) is 12.7 Å². The quantitative estimate of drug-likeness (QED) is 0.727. The molecule has 0 bridgehead atoms. The molecule has 4 N–H and O–H groups in total. The highest BCUT2D eigenvalue weighted by Crippen LogP contribution is 2.33. The van der Waals surface area contributed by atoms with Crippen LogP contribution in [0.2, 0.25) is 0 Å². The number of aryl methyl sites for hydroxylation is 1. The maximum atomic E-state index is 13.6. The summed E-state index contributed by atoms with van der Waals surface area (Å²) in [4.78, 5) is 24.7. The summed E-state index contributed by atoms with van der Waals surface area (Å²) >= 11 is 6.40. The number of rotatable bonds is 4. The first-order valence-corrected chi connectivity index (χ1v) is 8.36. The third-order valence-electron chi connectivity index (χ3n) is 3.38. The van der Waals surface area contributed by atoms with Crippen molar-refractivity contribution < 1.29 is 14.0 Å². The molecule has 24 heavy (non-hydrogen) atoms. The summed E-state index contributed by atoms with van der Waals surface area (Å²) in [7, 11) is 0. The number of hydrogen-bond donors (Lipinski definition) is 3. The number of nitrogens with one attached hydrogen (secondary N) is 2. The molecule has 1 aromatic carbocycles. The summed E-state index contributed by atoms with van der Waals surface area (Å²) < 4.78 is 13.6. The average molecular weight is 365 g/mol. The zero-order valence-corrected chi connectivity index (χ0v) is 14.7. The van der Waals surface area contributed by atoms with Crippen LogP contribution in [0.1, 0.15) is 38.1 Å². The monoisotopic (exact) mass is 365 g/mol. The van der Waals surface area contributed by atoms with Gasteiger partial charge in [0.1, 0.15) is 10.8 Å². The number of primary amides is 1. The van der Waals surface area contributed by atoms with Gasteiger partial charge in [-0.1, -0.05) is 19.1 Å². The van der Waals surface area contributed by atoms with Gasteiger partial charge in [0, 0.05) is 4.88 Å². The van der Waals surface area contributed by atoms with Crippen LogP contribution in [0.4, 0.5) is 9.39 Å². The lowest BCUT2D eigenvalue weighted by Gasteiger charge is -2.10. The highest BCUT2D eigenvalue weighted by atomic mass is 32.1. The molecule has 2 rings (SSSR count). The number of hydrogen-bond acceptors (Lipinski definition) is 4. The number of nitrogens with two attached hydrogens (primary N) is 1. The van der Waals surface area contributed by atoms with Gasteiger partial charge in [-0.3, -0.25) is 14.9 Å². The van der Waals surface area contributed by atoms with Gasteiger partial charge < -0.3 is 11.1 Å². The summed E-state index contributed by atoms with van der Waals surface area (Å²) in [5.41, 5.74) is 6.53. The Morgan fingerprint density at radius 1 is 1.33 bits per heavy atom. The predicted octanol–water partition coefficient (Wildman–Crippen LogP) is 2.98. The molecular weight excluding hydrogens is 349 g/mol. The average Bonchev–Trinajstić information content (AvgIpc) is 2.82. The van der Waals surface area contributed by atoms with Crippen LogP contribution in [-0.4, -0.2) is 16.9 Å². The van der Waals surface area contributed by atoms with Gasteiger partial charge in [0.15, 0.2) is 5.11 Å². The molecule has 126 valence electrons.